The Bertz CT molecular complexity index is 796. The molecule has 0 aliphatic heterocycles. The highest BCUT2D eigenvalue weighted by Crippen LogP contribution is 2.33. The van der Waals surface area contributed by atoms with Crippen molar-refractivity contribution in [2.24, 2.45) is 0 Å². The Kier molecular flexibility index (Phi) is 5.28. The predicted octanol–water partition coefficient (Wildman–Crippen LogP) is 2.80. The third-order valence-electron chi connectivity index (χ3n) is 3.67. The molecule has 2 aromatic heterocycles. The van der Waals surface area contributed by atoms with Gasteiger partial charge in [-0.2, -0.15) is 11.3 Å². The number of thiophene rings is 2. The van der Waals surface area contributed by atoms with E-state index in [0.29, 0.717) is 16.1 Å². The average Bonchev–Trinajstić information content (AvgIpc) is 3.34. The van der Waals surface area contributed by atoms with Gasteiger partial charge in [0.05, 0.1) is 6.54 Å². The van der Waals surface area contributed by atoms with E-state index in [1.165, 1.54) is 22.7 Å². The number of carbonyl (C=O) groups is 2. The Morgan fingerprint density at radius 3 is 2.44 bits per heavy atom. The van der Waals surface area contributed by atoms with Crippen LogP contribution in [-0.2, 0) is 15.2 Å². The van der Waals surface area contributed by atoms with Crippen molar-refractivity contribution < 1.29 is 14.7 Å². The third-order valence-corrected chi connectivity index (χ3v) is 5.37. The molecule has 25 heavy (non-hydrogen) atoms. The van der Waals surface area contributed by atoms with Crippen molar-refractivity contribution >= 4 is 40.2 Å². The number of rotatable bonds is 5. The number of benzene rings is 1. The summed E-state index contributed by atoms with van der Waals surface area (Å²) < 4.78 is 0. The molecule has 1 aromatic carbocycles. The highest BCUT2D eigenvalue weighted by Gasteiger charge is 2.34. The predicted molar refractivity (Wildman–Crippen MR) is 99.7 cm³/mol. The van der Waals surface area contributed by atoms with Crippen molar-refractivity contribution in [1.29, 1.82) is 0 Å². The first-order valence-corrected chi connectivity index (χ1v) is 9.35. The zero-order valence-corrected chi connectivity index (χ0v) is 14.8. The molecule has 1 atom stereocenters. The Morgan fingerprint density at radius 2 is 1.80 bits per heavy atom. The molecule has 3 aromatic rings. The van der Waals surface area contributed by atoms with Crippen LogP contribution < -0.4 is 10.6 Å². The van der Waals surface area contributed by atoms with Crippen molar-refractivity contribution in [2.75, 3.05) is 11.9 Å². The van der Waals surface area contributed by atoms with Crippen LogP contribution in [0.25, 0.3) is 0 Å². The molecular formula is C18H16N2O3S2. The van der Waals surface area contributed by atoms with Gasteiger partial charge in [0.25, 0.3) is 0 Å². The lowest BCUT2D eigenvalue weighted by Crippen LogP contribution is -2.44. The molecule has 0 spiro atoms. The summed E-state index contributed by atoms with van der Waals surface area (Å²) >= 11 is 2.85. The number of carbonyl (C=O) groups excluding carboxylic acids is 2. The Labute approximate surface area is 153 Å². The quantitative estimate of drug-likeness (QED) is 0.603. The topological polar surface area (TPSA) is 78.4 Å². The standard InChI is InChI=1S/C18H16N2O3S2/c21-16(17(22)20-14-5-2-1-3-6-14)19-12-18(23,13-8-10-24-11-13)15-7-4-9-25-15/h1-11,23H,12H2,(H,19,21)(H,20,22). The monoisotopic (exact) mass is 372 g/mol. The van der Waals surface area contributed by atoms with Gasteiger partial charge in [-0.15, -0.1) is 11.3 Å². The SMILES string of the molecule is O=C(NCC(O)(c1ccsc1)c1cccs1)C(=O)Nc1ccccc1. The van der Waals surface area contributed by atoms with E-state index in [0.717, 1.165) is 0 Å². The maximum absolute atomic E-state index is 12.1. The normalized spacial score (nSPS) is 13.0. The van der Waals surface area contributed by atoms with E-state index in [1.54, 1.807) is 36.4 Å². The molecule has 2 amide bonds. The lowest BCUT2D eigenvalue weighted by atomic mass is 9.94. The van der Waals surface area contributed by atoms with Crippen LogP contribution in [-0.4, -0.2) is 23.5 Å². The largest absolute Gasteiger partial charge is 0.378 e. The van der Waals surface area contributed by atoms with Crippen LogP contribution in [0.5, 0.6) is 0 Å². The number of nitrogens with one attached hydrogen (secondary N) is 2. The van der Waals surface area contributed by atoms with Gasteiger partial charge < -0.3 is 15.7 Å². The van der Waals surface area contributed by atoms with E-state index >= 15 is 0 Å². The van der Waals surface area contributed by atoms with Gasteiger partial charge in [0, 0.05) is 16.1 Å². The summed E-state index contributed by atoms with van der Waals surface area (Å²) in [5, 5.41) is 21.7. The fourth-order valence-corrected chi connectivity index (χ4v) is 3.91. The van der Waals surface area contributed by atoms with Gasteiger partial charge in [-0.05, 0) is 40.4 Å². The van der Waals surface area contributed by atoms with Gasteiger partial charge in [0.1, 0.15) is 5.60 Å². The molecule has 3 rings (SSSR count). The fraction of sp³-hybridized carbons (Fsp3) is 0.111. The van der Waals surface area contributed by atoms with E-state index in [9.17, 15) is 14.7 Å². The van der Waals surface area contributed by atoms with Crippen LogP contribution in [0.4, 0.5) is 5.69 Å². The van der Waals surface area contributed by atoms with Crippen molar-refractivity contribution in [3.63, 3.8) is 0 Å². The fourth-order valence-electron chi connectivity index (χ4n) is 2.34. The Balaban J connectivity index is 1.69. The lowest BCUT2D eigenvalue weighted by Gasteiger charge is -2.26. The molecule has 0 bridgehead atoms. The van der Waals surface area contributed by atoms with Crippen molar-refractivity contribution in [2.45, 2.75) is 5.60 Å². The maximum atomic E-state index is 12.1. The molecule has 0 saturated carbocycles. The summed E-state index contributed by atoms with van der Waals surface area (Å²) in [7, 11) is 0. The number of para-hydroxylation sites is 1. The number of aliphatic hydroxyl groups is 1. The number of hydrogen-bond donors (Lipinski definition) is 3. The molecule has 2 heterocycles. The first-order chi connectivity index (χ1) is 12.1. The van der Waals surface area contributed by atoms with Crippen molar-refractivity contribution in [3.05, 3.63) is 75.1 Å². The Morgan fingerprint density at radius 1 is 1.00 bits per heavy atom. The molecular weight excluding hydrogens is 356 g/mol. The molecule has 7 heteroatoms. The number of anilines is 1. The molecule has 0 fully saturated rings. The van der Waals surface area contributed by atoms with Crippen LogP contribution in [0, 0.1) is 0 Å². The van der Waals surface area contributed by atoms with Crippen LogP contribution in [0.3, 0.4) is 0 Å². The van der Waals surface area contributed by atoms with Gasteiger partial charge in [0.15, 0.2) is 0 Å². The van der Waals surface area contributed by atoms with E-state index < -0.39 is 17.4 Å². The van der Waals surface area contributed by atoms with Crippen LogP contribution in [0.15, 0.2) is 64.7 Å². The molecule has 0 saturated heterocycles. The van der Waals surface area contributed by atoms with Gasteiger partial charge in [-0.3, -0.25) is 9.59 Å². The zero-order valence-electron chi connectivity index (χ0n) is 13.1. The summed E-state index contributed by atoms with van der Waals surface area (Å²) in [6.45, 7) is -0.0920. The van der Waals surface area contributed by atoms with Gasteiger partial charge in [-0.25, -0.2) is 0 Å². The number of amides is 2. The van der Waals surface area contributed by atoms with Gasteiger partial charge in [0.2, 0.25) is 0 Å². The summed E-state index contributed by atoms with van der Waals surface area (Å²) in [5.74, 6) is -1.57. The van der Waals surface area contributed by atoms with E-state index in [2.05, 4.69) is 10.6 Å². The second-order valence-corrected chi connectivity index (χ2v) is 7.08. The van der Waals surface area contributed by atoms with E-state index in [4.69, 9.17) is 0 Å². The Hall–Kier alpha value is -2.48. The number of hydrogen-bond acceptors (Lipinski definition) is 5. The van der Waals surface area contributed by atoms with Gasteiger partial charge >= 0.3 is 11.8 Å². The second kappa shape index (κ2) is 7.60. The van der Waals surface area contributed by atoms with Crippen molar-refractivity contribution in [3.8, 4) is 0 Å². The summed E-state index contributed by atoms with van der Waals surface area (Å²) in [5.41, 5.74) is -0.144. The molecule has 128 valence electrons. The molecule has 3 N–H and O–H groups in total. The molecule has 0 aliphatic rings. The molecule has 1 unspecified atom stereocenters. The maximum Gasteiger partial charge on any atom is 0.313 e. The summed E-state index contributed by atoms with van der Waals surface area (Å²) in [6.07, 6.45) is 0. The lowest BCUT2D eigenvalue weighted by molar-refractivity contribution is -0.136. The van der Waals surface area contributed by atoms with Crippen LogP contribution >= 0.6 is 22.7 Å². The smallest absolute Gasteiger partial charge is 0.313 e. The van der Waals surface area contributed by atoms with Crippen LogP contribution in [0.2, 0.25) is 0 Å². The molecule has 0 aliphatic carbocycles. The van der Waals surface area contributed by atoms with Gasteiger partial charge in [-0.1, -0.05) is 24.3 Å². The first kappa shape index (κ1) is 17.3. The minimum atomic E-state index is -1.36. The second-order valence-electron chi connectivity index (χ2n) is 5.35. The van der Waals surface area contributed by atoms with Crippen molar-refractivity contribution in [1.82, 2.24) is 5.32 Å². The average molecular weight is 372 g/mol. The van der Waals surface area contributed by atoms with E-state index in [1.807, 2.05) is 28.3 Å². The minimum absolute atomic E-state index is 0.0920. The summed E-state index contributed by atoms with van der Waals surface area (Å²) in [6, 6.07) is 14.2. The highest BCUT2D eigenvalue weighted by atomic mass is 32.1. The minimum Gasteiger partial charge on any atom is -0.378 e. The first-order valence-electron chi connectivity index (χ1n) is 7.53. The molecule has 0 radical (unpaired) electrons. The highest BCUT2D eigenvalue weighted by molar-refractivity contribution is 7.10. The van der Waals surface area contributed by atoms with E-state index in [-0.39, 0.29) is 6.54 Å². The summed E-state index contributed by atoms with van der Waals surface area (Å²) in [4.78, 5) is 24.8. The molecule has 5 nitrogen and oxygen atoms in total. The third kappa shape index (κ3) is 3.96. The zero-order chi connectivity index (χ0) is 17.7. The van der Waals surface area contributed by atoms with Crippen LogP contribution in [0.1, 0.15) is 10.4 Å².